The summed E-state index contributed by atoms with van der Waals surface area (Å²) in [4.78, 5) is 28.2. The number of carbonyl (C=O) groups is 2. The van der Waals surface area contributed by atoms with Gasteiger partial charge in [-0.15, -0.1) is 0 Å². The third-order valence-electron chi connectivity index (χ3n) is 3.91. The number of amides is 2. The molecule has 2 N–H and O–H groups in total. The van der Waals surface area contributed by atoms with Gasteiger partial charge in [-0.2, -0.15) is 0 Å². The number of aromatic nitrogens is 1. The van der Waals surface area contributed by atoms with Crippen molar-refractivity contribution in [2.45, 2.75) is 13.8 Å². The Labute approximate surface area is 149 Å². The summed E-state index contributed by atoms with van der Waals surface area (Å²) in [6.07, 6.45) is 1.19. The summed E-state index contributed by atoms with van der Waals surface area (Å²) in [5, 5.41) is 6.04. The fourth-order valence-electron chi connectivity index (χ4n) is 2.35. The average Bonchev–Trinajstić information content (AvgIpc) is 3.02. The van der Waals surface area contributed by atoms with Gasteiger partial charge in [0.15, 0.2) is 5.13 Å². The van der Waals surface area contributed by atoms with Crippen molar-refractivity contribution in [3.8, 4) is 0 Å². The maximum Gasteiger partial charge on any atom is 0.257 e. The van der Waals surface area contributed by atoms with Crippen LogP contribution in [0.3, 0.4) is 0 Å². The number of nitrogens with one attached hydrogen (secondary N) is 2. The first-order valence-corrected chi connectivity index (χ1v) is 8.51. The highest BCUT2D eigenvalue weighted by atomic mass is 32.1. The average molecular weight is 351 g/mol. The Balaban J connectivity index is 1.77. The highest BCUT2D eigenvalue weighted by Gasteiger charge is 2.12. The van der Waals surface area contributed by atoms with Crippen molar-refractivity contribution in [1.82, 2.24) is 4.98 Å². The van der Waals surface area contributed by atoms with Crippen LogP contribution < -0.4 is 10.6 Å². The van der Waals surface area contributed by atoms with E-state index in [2.05, 4.69) is 28.3 Å². The van der Waals surface area contributed by atoms with Gasteiger partial charge in [0.1, 0.15) is 0 Å². The number of hydrogen-bond acceptors (Lipinski definition) is 4. The molecule has 0 aliphatic heterocycles. The van der Waals surface area contributed by atoms with Gasteiger partial charge in [0.05, 0.1) is 10.2 Å². The van der Waals surface area contributed by atoms with E-state index >= 15 is 0 Å². The van der Waals surface area contributed by atoms with Crippen LogP contribution in [0.1, 0.15) is 21.5 Å². The van der Waals surface area contributed by atoms with E-state index < -0.39 is 0 Å². The number of hydrogen-bond donors (Lipinski definition) is 2. The van der Waals surface area contributed by atoms with Crippen LogP contribution in [0.2, 0.25) is 0 Å². The second kappa shape index (κ2) is 6.86. The predicted octanol–water partition coefficient (Wildman–Crippen LogP) is 4.29. The Bertz CT molecular complexity index is 974. The Morgan fingerprint density at radius 2 is 1.80 bits per heavy atom. The molecule has 3 rings (SSSR count). The maximum atomic E-state index is 12.4. The molecule has 2 aromatic carbocycles. The third-order valence-corrected chi connectivity index (χ3v) is 4.84. The van der Waals surface area contributed by atoms with Gasteiger partial charge >= 0.3 is 0 Å². The second-order valence-corrected chi connectivity index (χ2v) is 6.63. The summed E-state index contributed by atoms with van der Waals surface area (Å²) < 4.78 is 1.04. The summed E-state index contributed by atoms with van der Waals surface area (Å²) in [5.41, 5.74) is 4.31. The Kier molecular flexibility index (Phi) is 4.63. The molecule has 3 aromatic rings. The first kappa shape index (κ1) is 16.9. The number of carbonyl (C=O) groups excluding carboxylic acids is 2. The van der Waals surface area contributed by atoms with E-state index in [1.165, 1.54) is 23.0 Å². The molecule has 0 radical (unpaired) electrons. The minimum absolute atomic E-state index is 0.241. The Morgan fingerprint density at radius 3 is 2.48 bits per heavy atom. The third kappa shape index (κ3) is 3.59. The van der Waals surface area contributed by atoms with E-state index in [1.807, 2.05) is 19.9 Å². The zero-order valence-corrected chi connectivity index (χ0v) is 14.7. The van der Waals surface area contributed by atoms with Crippen molar-refractivity contribution in [2.75, 3.05) is 10.6 Å². The molecule has 1 heterocycles. The lowest BCUT2D eigenvalue weighted by molar-refractivity contribution is -0.111. The SMILES string of the molecule is C=CC(=O)Nc1ccc(C(=O)Nc2nc3c(C)c(C)ccc3s2)cc1. The van der Waals surface area contributed by atoms with E-state index in [0.29, 0.717) is 16.4 Å². The van der Waals surface area contributed by atoms with Crippen LogP contribution in [0.15, 0.2) is 49.1 Å². The molecule has 6 heteroatoms. The van der Waals surface area contributed by atoms with E-state index in [1.54, 1.807) is 24.3 Å². The number of thiazole rings is 1. The lowest BCUT2D eigenvalue weighted by atomic mass is 10.1. The highest BCUT2D eigenvalue weighted by Crippen LogP contribution is 2.29. The van der Waals surface area contributed by atoms with Crippen LogP contribution in [0.25, 0.3) is 10.2 Å². The fourth-order valence-corrected chi connectivity index (χ4v) is 3.27. The lowest BCUT2D eigenvalue weighted by Crippen LogP contribution is -2.12. The molecule has 0 aliphatic rings. The molecule has 0 saturated heterocycles. The first-order valence-electron chi connectivity index (χ1n) is 7.69. The van der Waals surface area contributed by atoms with Crippen LogP contribution in [0.5, 0.6) is 0 Å². The van der Waals surface area contributed by atoms with Crippen molar-refractivity contribution < 1.29 is 9.59 Å². The van der Waals surface area contributed by atoms with E-state index in [-0.39, 0.29) is 11.8 Å². The van der Waals surface area contributed by atoms with Gasteiger partial charge in [0, 0.05) is 11.3 Å². The Morgan fingerprint density at radius 1 is 1.08 bits per heavy atom. The summed E-state index contributed by atoms with van der Waals surface area (Å²) >= 11 is 1.45. The molecular weight excluding hydrogens is 334 g/mol. The van der Waals surface area contributed by atoms with Crippen LogP contribution in [-0.4, -0.2) is 16.8 Å². The van der Waals surface area contributed by atoms with Crippen LogP contribution in [0, 0.1) is 13.8 Å². The molecule has 0 bridgehead atoms. The van der Waals surface area contributed by atoms with Crippen LogP contribution in [0.4, 0.5) is 10.8 Å². The zero-order chi connectivity index (χ0) is 18.0. The van der Waals surface area contributed by atoms with Crippen molar-refractivity contribution in [1.29, 1.82) is 0 Å². The van der Waals surface area contributed by atoms with Crippen molar-refractivity contribution in [3.63, 3.8) is 0 Å². The highest BCUT2D eigenvalue weighted by molar-refractivity contribution is 7.22. The number of nitrogens with zero attached hydrogens (tertiary/aromatic N) is 1. The first-order chi connectivity index (χ1) is 12.0. The van der Waals surface area contributed by atoms with Gasteiger partial charge < -0.3 is 5.32 Å². The summed E-state index contributed by atoms with van der Waals surface area (Å²) in [7, 11) is 0. The van der Waals surface area contributed by atoms with Gasteiger partial charge in [0.2, 0.25) is 5.91 Å². The molecule has 126 valence electrons. The standard InChI is InChI=1S/C19H17N3O2S/c1-4-16(23)20-14-8-6-13(7-9-14)18(24)22-19-21-17-12(3)11(2)5-10-15(17)25-19/h4-10H,1H2,2-3H3,(H,20,23)(H,21,22,24). The molecule has 25 heavy (non-hydrogen) atoms. The number of anilines is 2. The molecule has 1 aromatic heterocycles. The zero-order valence-electron chi connectivity index (χ0n) is 13.9. The van der Waals surface area contributed by atoms with Gasteiger partial charge in [-0.3, -0.25) is 14.9 Å². The monoisotopic (exact) mass is 351 g/mol. The summed E-state index contributed by atoms with van der Waals surface area (Å²) in [6, 6.07) is 10.7. The molecule has 0 spiro atoms. The molecule has 0 atom stereocenters. The summed E-state index contributed by atoms with van der Waals surface area (Å²) in [5.74, 6) is -0.535. The van der Waals surface area contributed by atoms with Gasteiger partial charge in [-0.1, -0.05) is 24.0 Å². The molecule has 0 fully saturated rings. The van der Waals surface area contributed by atoms with Crippen molar-refractivity contribution in [3.05, 3.63) is 65.7 Å². The quantitative estimate of drug-likeness (QED) is 0.689. The van der Waals surface area contributed by atoms with Crippen molar-refractivity contribution >= 4 is 44.2 Å². The maximum absolute atomic E-state index is 12.4. The van der Waals surface area contributed by atoms with Crippen LogP contribution in [-0.2, 0) is 4.79 Å². The molecule has 5 nitrogen and oxygen atoms in total. The van der Waals surface area contributed by atoms with Gasteiger partial charge in [-0.05, 0) is 61.4 Å². The second-order valence-electron chi connectivity index (χ2n) is 5.60. The number of fused-ring (bicyclic) bond motifs is 1. The topological polar surface area (TPSA) is 71.1 Å². The number of rotatable bonds is 4. The number of benzene rings is 2. The van der Waals surface area contributed by atoms with Gasteiger partial charge in [0.25, 0.3) is 5.91 Å². The lowest BCUT2D eigenvalue weighted by Gasteiger charge is -2.04. The largest absolute Gasteiger partial charge is 0.323 e. The normalized spacial score (nSPS) is 10.5. The minimum atomic E-state index is -0.294. The predicted molar refractivity (Wildman–Crippen MR) is 102 cm³/mol. The smallest absolute Gasteiger partial charge is 0.257 e. The van der Waals surface area contributed by atoms with E-state index in [0.717, 1.165) is 15.8 Å². The van der Waals surface area contributed by atoms with E-state index in [4.69, 9.17) is 0 Å². The molecule has 0 saturated carbocycles. The minimum Gasteiger partial charge on any atom is -0.323 e. The van der Waals surface area contributed by atoms with Gasteiger partial charge in [-0.25, -0.2) is 4.98 Å². The Hall–Kier alpha value is -2.99. The molecular formula is C19H17N3O2S. The fraction of sp³-hybridized carbons (Fsp3) is 0.105. The molecule has 0 unspecified atom stereocenters. The number of aryl methyl sites for hydroxylation is 2. The molecule has 0 aliphatic carbocycles. The van der Waals surface area contributed by atoms with E-state index in [9.17, 15) is 9.59 Å². The summed E-state index contributed by atoms with van der Waals surface area (Å²) in [6.45, 7) is 7.46. The van der Waals surface area contributed by atoms with Crippen molar-refractivity contribution in [2.24, 2.45) is 0 Å². The van der Waals surface area contributed by atoms with Crippen LogP contribution >= 0.6 is 11.3 Å². The molecule has 2 amide bonds.